The Labute approximate surface area is 164 Å². The van der Waals surface area contributed by atoms with Crippen LogP contribution in [0.4, 0.5) is 0 Å². The van der Waals surface area contributed by atoms with Crippen LogP contribution in [-0.4, -0.2) is 66.8 Å². The topological polar surface area (TPSA) is 77.0 Å². The van der Waals surface area contributed by atoms with Crippen molar-refractivity contribution in [2.45, 2.75) is 39.2 Å². The lowest BCUT2D eigenvalue weighted by Gasteiger charge is -2.26. The number of amides is 2. The number of hydrogen-bond acceptors (Lipinski definition) is 4. The molecule has 0 bridgehead atoms. The van der Waals surface area contributed by atoms with Gasteiger partial charge in [-0.2, -0.15) is 0 Å². The summed E-state index contributed by atoms with van der Waals surface area (Å²) in [5, 5.41) is 8.54. The van der Waals surface area contributed by atoms with Crippen LogP contribution in [0.3, 0.4) is 0 Å². The zero-order valence-corrected chi connectivity index (χ0v) is 16.8. The molecule has 0 unspecified atom stereocenters. The standard InChI is InChI=1S/C19H29N5O2S/c1-2-20-19(21-8-4-10-23-9-3-5-17(23)25)22-13-18(26)24-11-6-16-15(14-24)7-12-27-16/h7,12H,2-6,8-11,13-14H2,1H3,(H2,20,21,22). The first kappa shape index (κ1) is 19.7. The van der Waals surface area contributed by atoms with Gasteiger partial charge in [-0.1, -0.05) is 0 Å². The Morgan fingerprint density at radius 3 is 2.96 bits per heavy atom. The lowest BCUT2D eigenvalue weighted by Crippen LogP contribution is -2.41. The monoisotopic (exact) mass is 391 g/mol. The van der Waals surface area contributed by atoms with Crippen LogP contribution in [0.25, 0.3) is 0 Å². The first-order valence-corrected chi connectivity index (χ1v) is 10.7. The average Bonchev–Trinajstić information content (AvgIpc) is 3.30. The summed E-state index contributed by atoms with van der Waals surface area (Å²) in [4.78, 5) is 33.8. The number of nitrogens with zero attached hydrogens (tertiary/aromatic N) is 3. The Balaban J connectivity index is 1.42. The molecular weight excluding hydrogens is 362 g/mol. The number of fused-ring (bicyclic) bond motifs is 1. The molecule has 0 atom stereocenters. The van der Waals surface area contributed by atoms with E-state index >= 15 is 0 Å². The van der Waals surface area contributed by atoms with E-state index in [4.69, 9.17) is 0 Å². The van der Waals surface area contributed by atoms with Gasteiger partial charge >= 0.3 is 0 Å². The van der Waals surface area contributed by atoms with Gasteiger partial charge in [0.1, 0.15) is 6.54 Å². The van der Waals surface area contributed by atoms with Crippen LogP contribution in [0, 0.1) is 0 Å². The van der Waals surface area contributed by atoms with Gasteiger partial charge in [0.05, 0.1) is 0 Å². The van der Waals surface area contributed by atoms with Crippen LogP contribution in [0.2, 0.25) is 0 Å². The number of aliphatic imine (C=N–C) groups is 1. The van der Waals surface area contributed by atoms with Crippen LogP contribution < -0.4 is 10.6 Å². The van der Waals surface area contributed by atoms with E-state index in [2.05, 4.69) is 27.1 Å². The number of hydrogen-bond donors (Lipinski definition) is 2. The van der Waals surface area contributed by atoms with Gasteiger partial charge < -0.3 is 20.4 Å². The number of likely N-dealkylation sites (tertiary alicyclic amines) is 1. The maximum absolute atomic E-state index is 12.5. The average molecular weight is 392 g/mol. The van der Waals surface area contributed by atoms with E-state index in [0.717, 1.165) is 52.0 Å². The lowest BCUT2D eigenvalue weighted by molar-refractivity contribution is -0.130. The van der Waals surface area contributed by atoms with E-state index in [-0.39, 0.29) is 18.4 Å². The van der Waals surface area contributed by atoms with Crippen molar-refractivity contribution in [3.8, 4) is 0 Å². The third-order valence-electron chi connectivity index (χ3n) is 4.95. The van der Waals surface area contributed by atoms with E-state index in [0.29, 0.717) is 18.9 Å². The Kier molecular flexibility index (Phi) is 7.09. The molecule has 1 aromatic rings. The van der Waals surface area contributed by atoms with Crippen LogP contribution >= 0.6 is 11.3 Å². The van der Waals surface area contributed by atoms with Crippen molar-refractivity contribution in [1.29, 1.82) is 0 Å². The molecule has 1 fully saturated rings. The van der Waals surface area contributed by atoms with Crippen molar-refractivity contribution >= 4 is 29.1 Å². The third-order valence-corrected chi connectivity index (χ3v) is 5.97. The molecule has 3 heterocycles. The molecule has 7 nitrogen and oxygen atoms in total. The van der Waals surface area contributed by atoms with Crippen molar-refractivity contribution in [3.63, 3.8) is 0 Å². The van der Waals surface area contributed by atoms with Gasteiger partial charge in [-0.15, -0.1) is 11.3 Å². The summed E-state index contributed by atoms with van der Waals surface area (Å²) in [5.74, 6) is 0.982. The minimum atomic E-state index is 0.0618. The Hall–Kier alpha value is -2.09. The second kappa shape index (κ2) is 9.73. The smallest absolute Gasteiger partial charge is 0.244 e. The number of rotatable bonds is 7. The molecule has 8 heteroatoms. The highest BCUT2D eigenvalue weighted by atomic mass is 32.1. The minimum Gasteiger partial charge on any atom is -0.357 e. The number of nitrogens with one attached hydrogen (secondary N) is 2. The molecule has 0 aromatic carbocycles. The van der Waals surface area contributed by atoms with Crippen molar-refractivity contribution in [3.05, 3.63) is 21.9 Å². The molecule has 0 saturated carbocycles. The van der Waals surface area contributed by atoms with Crippen LogP contribution in [-0.2, 0) is 22.6 Å². The molecule has 2 N–H and O–H groups in total. The highest BCUT2D eigenvalue weighted by Crippen LogP contribution is 2.23. The zero-order chi connectivity index (χ0) is 19.1. The SMILES string of the molecule is CCNC(=NCC(=O)N1CCc2sccc2C1)NCCCN1CCCC1=O. The van der Waals surface area contributed by atoms with Gasteiger partial charge in [0.15, 0.2) is 5.96 Å². The van der Waals surface area contributed by atoms with Gasteiger partial charge in [-0.25, -0.2) is 4.99 Å². The summed E-state index contributed by atoms with van der Waals surface area (Å²) in [5.41, 5.74) is 1.27. The van der Waals surface area contributed by atoms with Crippen molar-refractivity contribution < 1.29 is 9.59 Å². The fourth-order valence-electron chi connectivity index (χ4n) is 3.47. The van der Waals surface area contributed by atoms with Crippen LogP contribution in [0.1, 0.15) is 36.6 Å². The van der Waals surface area contributed by atoms with Gasteiger partial charge in [-0.3, -0.25) is 9.59 Å². The molecule has 27 heavy (non-hydrogen) atoms. The summed E-state index contributed by atoms with van der Waals surface area (Å²) < 4.78 is 0. The summed E-state index contributed by atoms with van der Waals surface area (Å²) in [6.07, 6.45) is 3.47. The number of guanidine groups is 1. The van der Waals surface area contributed by atoms with E-state index in [1.807, 2.05) is 16.7 Å². The fraction of sp³-hybridized carbons (Fsp3) is 0.632. The quantitative estimate of drug-likeness (QED) is 0.416. The van der Waals surface area contributed by atoms with Crippen LogP contribution in [0.5, 0.6) is 0 Å². The highest BCUT2D eigenvalue weighted by Gasteiger charge is 2.21. The van der Waals surface area contributed by atoms with Crippen molar-refractivity contribution in [2.24, 2.45) is 4.99 Å². The Morgan fingerprint density at radius 1 is 1.30 bits per heavy atom. The predicted octanol–water partition coefficient (Wildman–Crippen LogP) is 1.20. The molecule has 2 aliphatic rings. The summed E-state index contributed by atoms with van der Waals surface area (Å²) >= 11 is 1.77. The summed E-state index contributed by atoms with van der Waals surface area (Å²) in [6, 6.07) is 2.11. The zero-order valence-electron chi connectivity index (χ0n) is 16.0. The maximum Gasteiger partial charge on any atom is 0.244 e. The van der Waals surface area contributed by atoms with E-state index < -0.39 is 0 Å². The predicted molar refractivity (Wildman–Crippen MR) is 108 cm³/mol. The maximum atomic E-state index is 12.5. The summed E-state index contributed by atoms with van der Waals surface area (Å²) in [7, 11) is 0. The molecule has 0 aliphatic carbocycles. The molecule has 148 valence electrons. The number of carbonyl (C=O) groups is 2. The lowest BCUT2D eigenvalue weighted by atomic mass is 10.1. The highest BCUT2D eigenvalue weighted by molar-refractivity contribution is 7.10. The van der Waals surface area contributed by atoms with E-state index in [1.54, 1.807) is 11.3 Å². The van der Waals surface area contributed by atoms with Crippen molar-refractivity contribution in [1.82, 2.24) is 20.4 Å². The normalized spacial score (nSPS) is 17.2. The molecule has 1 saturated heterocycles. The molecule has 2 amide bonds. The number of carbonyl (C=O) groups excluding carboxylic acids is 2. The largest absolute Gasteiger partial charge is 0.357 e. The van der Waals surface area contributed by atoms with Crippen molar-refractivity contribution in [2.75, 3.05) is 39.3 Å². The van der Waals surface area contributed by atoms with Gasteiger partial charge in [-0.05, 0) is 43.2 Å². The second-order valence-corrected chi connectivity index (χ2v) is 7.89. The van der Waals surface area contributed by atoms with Gasteiger partial charge in [0.2, 0.25) is 11.8 Å². The van der Waals surface area contributed by atoms with Gasteiger partial charge in [0, 0.05) is 50.6 Å². The molecular formula is C19H29N5O2S. The molecule has 2 aliphatic heterocycles. The third kappa shape index (κ3) is 5.45. The van der Waals surface area contributed by atoms with E-state index in [1.165, 1.54) is 10.4 Å². The second-order valence-electron chi connectivity index (χ2n) is 6.89. The molecule has 0 radical (unpaired) electrons. The van der Waals surface area contributed by atoms with E-state index in [9.17, 15) is 9.59 Å². The van der Waals surface area contributed by atoms with Crippen LogP contribution in [0.15, 0.2) is 16.4 Å². The first-order valence-electron chi connectivity index (χ1n) is 9.80. The summed E-state index contributed by atoms with van der Waals surface area (Å²) in [6.45, 7) is 6.75. The molecule has 1 aromatic heterocycles. The Bertz CT molecular complexity index is 687. The Morgan fingerprint density at radius 2 is 2.19 bits per heavy atom. The number of thiophene rings is 1. The molecule has 3 rings (SSSR count). The first-order chi connectivity index (χ1) is 13.2. The van der Waals surface area contributed by atoms with Gasteiger partial charge in [0.25, 0.3) is 0 Å². The fourth-order valence-corrected chi connectivity index (χ4v) is 4.36. The molecule has 0 spiro atoms. The minimum absolute atomic E-state index is 0.0618.